The fourth-order valence-electron chi connectivity index (χ4n) is 1.73. The fourth-order valence-corrected chi connectivity index (χ4v) is 3.13. The van der Waals surface area contributed by atoms with Gasteiger partial charge < -0.3 is 5.32 Å². The monoisotopic (exact) mass is 325 g/mol. The van der Waals surface area contributed by atoms with Crippen LogP contribution < -0.4 is 5.32 Å². The van der Waals surface area contributed by atoms with Crippen LogP contribution >= 0.6 is 23.1 Å². The highest BCUT2D eigenvalue weighted by atomic mass is 32.2. The second kappa shape index (κ2) is 8.78. The van der Waals surface area contributed by atoms with Crippen LogP contribution in [0.5, 0.6) is 0 Å². The minimum absolute atomic E-state index is 0.0294. The number of nitrogens with one attached hydrogen (secondary N) is 1. The smallest absolute Gasteiger partial charge is 0.230 e. The third-order valence-corrected chi connectivity index (χ3v) is 4.64. The Labute approximate surface area is 132 Å². The normalized spacial score (nSPS) is 10.7. The maximum atomic E-state index is 11.7. The molecule has 114 valence electrons. The molecule has 2 rings (SSSR count). The molecular weight excluding hydrogens is 306 g/mol. The molecule has 0 aliphatic carbocycles. The zero-order valence-corrected chi connectivity index (χ0v) is 13.6. The molecule has 1 N–H and O–H groups in total. The molecule has 1 amide bonds. The fraction of sp³-hybridized carbons (Fsp3) is 0.538. The van der Waals surface area contributed by atoms with Crippen molar-refractivity contribution < 1.29 is 4.79 Å². The van der Waals surface area contributed by atoms with Crippen molar-refractivity contribution in [3.05, 3.63) is 22.4 Å². The third kappa shape index (κ3) is 5.47. The first-order chi connectivity index (χ1) is 10.3. The highest BCUT2D eigenvalue weighted by Gasteiger charge is 2.10. The molecule has 0 aliphatic rings. The van der Waals surface area contributed by atoms with Crippen molar-refractivity contribution in [3.63, 3.8) is 0 Å². The standard InChI is InChI=1S/C13H19N5OS2/c1-2-3-4-7-14-12(19)10-21-13-15-16-17-18(13)9-11-6-5-8-20-11/h5-6,8H,2-4,7,9-10H2,1H3,(H,14,19). The van der Waals surface area contributed by atoms with Crippen LogP contribution in [-0.4, -0.2) is 38.4 Å². The minimum Gasteiger partial charge on any atom is -0.355 e. The Hall–Kier alpha value is -1.41. The van der Waals surface area contributed by atoms with Crippen LogP contribution in [0.25, 0.3) is 0 Å². The second-order valence-corrected chi connectivity index (χ2v) is 6.52. The summed E-state index contributed by atoms with van der Waals surface area (Å²) < 4.78 is 1.72. The van der Waals surface area contributed by atoms with Gasteiger partial charge in [-0.15, -0.1) is 16.4 Å². The van der Waals surface area contributed by atoms with E-state index in [1.54, 1.807) is 16.0 Å². The Morgan fingerprint density at radius 2 is 2.38 bits per heavy atom. The Kier molecular flexibility index (Phi) is 6.68. The van der Waals surface area contributed by atoms with Crippen molar-refractivity contribution in [1.29, 1.82) is 0 Å². The SMILES string of the molecule is CCCCCNC(=O)CSc1nnnn1Cc1cccs1. The molecule has 2 aromatic rings. The first kappa shape index (κ1) is 16.0. The Morgan fingerprint density at radius 1 is 1.48 bits per heavy atom. The number of thioether (sulfide) groups is 1. The molecule has 0 saturated carbocycles. The number of aromatic nitrogens is 4. The molecular formula is C13H19N5OS2. The van der Waals surface area contributed by atoms with Gasteiger partial charge in [0.2, 0.25) is 11.1 Å². The summed E-state index contributed by atoms with van der Waals surface area (Å²) in [5.41, 5.74) is 0. The van der Waals surface area contributed by atoms with Gasteiger partial charge in [-0.3, -0.25) is 4.79 Å². The lowest BCUT2D eigenvalue weighted by atomic mass is 10.2. The first-order valence-electron chi connectivity index (χ1n) is 6.97. The van der Waals surface area contributed by atoms with Crippen molar-refractivity contribution in [2.45, 2.75) is 37.9 Å². The van der Waals surface area contributed by atoms with Gasteiger partial charge in [-0.2, -0.15) is 0 Å². The van der Waals surface area contributed by atoms with Crippen molar-refractivity contribution in [2.75, 3.05) is 12.3 Å². The summed E-state index contributed by atoms with van der Waals surface area (Å²) in [7, 11) is 0. The molecule has 0 bridgehead atoms. The lowest BCUT2D eigenvalue weighted by Gasteiger charge is -2.05. The van der Waals surface area contributed by atoms with Crippen LogP contribution in [0.4, 0.5) is 0 Å². The van der Waals surface area contributed by atoms with Gasteiger partial charge in [0.1, 0.15) is 0 Å². The molecule has 2 heterocycles. The van der Waals surface area contributed by atoms with Gasteiger partial charge in [0.25, 0.3) is 0 Å². The summed E-state index contributed by atoms with van der Waals surface area (Å²) in [6.07, 6.45) is 3.33. The Morgan fingerprint density at radius 3 is 3.14 bits per heavy atom. The van der Waals surface area contributed by atoms with Crippen LogP contribution in [0, 0.1) is 0 Å². The molecule has 0 radical (unpaired) electrons. The second-order valence-electron chi connectivity index (χ2n) is 4.54. The molecule has 0 aliphatic heterocycles. The summed E-state index contributed by atoms with van der Waals surface area (Å²) in [4.78, 5) is 12.9. The number of carbonyl (C=O) groups excluding carboxylic acids is 1. The van der Waals surface area contributed by atoms with Gasteiger partial charge in [0, 0.05) is 11.4 Å². The van der Waals surface area contributed by atoms with Crippen molar-refractivity contribution in [1.82, 2.24) is 25.5 Å². The molecule has 0 unspecified atom stereocenters. The van der Waals surface area contributed by atoms with E-state index in [1.165, 1.54) is 16.6 Å². The van der Waals surface area contributed by atoms with Gasteiger partial charge in [-0.25, -0.2) is 4.68 Å². The van der Waals surface area contributed by atoms with Gasteiger partial charge in [0.05, 0.1) is 12.3 Å². The van der Waals surface area contributed by atoms with Crippen LogP contribution in [0.1, 0.15) is 31.1 Å². The van der Waals surface area contributed by atoms with Crippen molar-refractivity contribution >= 4 is 29.0 Å². The summed E-state index contributed by atoms with van der Waals surface area (Å²) in [6.45, 7) is 3.53. The van der Waals surface area contributed by atoms with E-state index in [-0.39, 0.29) is 5.91 Å². The van der Waals surface area contributed by atoms with Gasteiger partial charge in [-0.1, -0.05) is 37.6 Å². The van der Waals surface area contributed by atoms with E-state index >= 15 is 0 Å². The van der Waals surface area contributed by atoms with Gasteiger partial charge in [0.15, 0.2) is 0 Å². The van der Waals surface area contributed by atoms with Crippen LogP contribution in [0.2, 0.25) is 0 Å². The number of amides is 1. The summed E-state index contributed by atoms with van der Waals surface area (Å²) in [5.74, 6) is 0.374. The Balaban J connectivity index is 1.76. The van der Waals surface area contributed by atoms with E-state index in [0.717, 1.165) is 25.8 Å². The molecule has 0 saturated heterocycles. The summed E-state index contributed by atoms with van der Waals surface area (Å²) in [6, 6.07) is 4.04. The molecule has 0 spiro atoms. The molecule has 0 aromatic carbocycles. The van der Waals surface area contributed by atoms with Crippen LogP contribution in [0.3, 0.4) is 0 Å². The lowest BCUT2D eigenvalue weighted by Crippen LogP contribution is -2.26. The zero-order chi connectivity index (χ0) is 14.9. The highest BCUT2D eigenvalue weighted by molar-refractivity contribution is 7.99. The number of rotatable bonds is 9. The van der Waals surface area contributed by atoms with Gasteiger partial charge in [-0.05, 0) is 28.3 Å². The first-order valence-corrected chi connectivity index (χ1v) is 8.84. The number of nitrogens with zero attached hydrogens (tertiary/aromatic N) is 4. The molecule has 0 fully saturated rings. The van der Waals surface area contributed by atoms with E-state index in [2.05, 4.69) is 27.8 Å². The molecule has 21 heavy (non-hydrogen) atoms. The van der Waals surface area contributed by atoms with Crippen molar-refractivity contribution in [3.8, 4) is 0 Å². The predicted molar refractivity (Wildman–Crippen MR) is 84.5 cm³/mol. The minimum atomic E-state index is 0.0294. The summed E-state index contributed by atoms with van der Waals surface area (Å²) in [5, 5.41) is 17.2. The van der Waals surface area contributed by atoms with E-state index in [9.17, 15) is 4.79 Å². The largest absolute Gasteiger partial charge is 0.355 e. The van der Waals surface area contributed by atoms with Crippen LogP contribution in [-0.2, 0) is 11.3 Å². The molecule has 2 aromatic heterocycles. The van der Waals surface area contributed by atoms with Gasteiger partial charge >= 0.3 is 0 Å². The maximum Gasteiger partial charge on any atom is 0.230 e. The number of hydrogen-bond acceptors (Lipinski definition) is 6. The molecule has 6 nitrogen and oxygen atoms in total. The van der Waals surface area contributed by atoms with E-state index in [4.69, 9.17) is 0 Å². The number of thiophene rings is 1. The van der Waals surface area contributed by atoms with E-state index < -0.39 is 0 Å². The van der Waals surface area contributed by atoms with Crippen LogP contribution in [0.15, 0.2) is 22.7 Å². The third-order valence-electron chi connectivity index (χ3n) is 2.82. The zero-order valence-electron chi connectivity index (χ0n) is 12.0. The Bertz CT molecular complexity index is 541. The average molecular weight is 325 g/mol. The number of tetrazole rings is 1. The molecule has 0 atom stereocenters. The number of unbranched alkanes of at least 4 members (excludes halogenated alkanes) is 2. The number of carbonyl (C=O) groups is 1. The maximum absolute atomic E-state index is 11.7. The molecule has 8 heteroatoms. The lowest BCUT2D eigenvalue weighted by molar-refractivity contribution is -0.118. The quantitative estimate of drug-likeness (QED) is 0.565. The number of hydrogen-bond donors (Lipinski definition) is 1. The average Bonchev–Trinajstić information content (AvgIpc) is 3.14. The van der Waals surface area contributed by atoms with E-state index in [0.29, 0.717) is 17.5 Å². The topological polar surface area (TPSA) is 72.7 Å². The van der Waals surface area contributed by atoms with E-state index in [1.807, 2.05) is 17.5 Å². The summed E-state index contributed by atoms with van der Waals surface area (Å²) >= 11 is 3.03. The van der Waals surface area contributed by atoms with Crippen molar-refractivity contribution in [2.24, 2.45) is 0 Å². The predicted octanol–water partition coefficient (Wildman–Crippen LogP) is 2.18. The highest BCUT2D eigenvalue weighted by Crippen LogP contribution is 2.16.